The number of hydrogen-bond acceptors (Lipinski definition) is 4. The zero-order chi connectivity index (χ0) is 25.8. The van der Waals surface area contributed by atoms with Gasteiger partial charge >= 0.3 is 5.69 Å². The molecule has 0 fully saturated rings. The molecule has 3 heterocycles. The molecule has 0 saturated heterocycles. The maximum atomic E-state index is 14.6. The van der Waals surface area contributed by atoms with Gasteiger partial charge in [0.2, 0.25) is 0 Å². The van der Waals surface area contributed by atoms with Gasteiger partial charge < -0.3 is 5.32 Å². The van der Waals surface area contributed by atoms with Crippen molar-refractivity contribution in [1.82, 2.24) is 24.0 Å². The number of benzene rings is 3. The first kappa shape index (κ1) is 22.9. The van der Waals surface area contributed by atoms with Crippen molar-refractivity contribution in [3.05, 3.63) is 93.3 Å². The Morgan fingerprint density at radius 2 is 1.62 bits per heavy atom. The fourth-order valence-corrected chi connectivity index (χ4v) is 5.39. The molecule has 0 radical (unpaired) electrons. The van der Waals surface area contributed by atoms with Gasteiger partial charge in [-0.3, -0.25) is 18.5 Å². The van der Waals surface area contributed by atoms with E-state index in [1.165, 1.54) is 19.2 Å². The van der Waals surface area contributed by atoms with E-state index in [1.54, 1.807) is 40.6 Å². The van der Waals surface area contributed by atoms with Crippen molar-refractivity contribution < 1.29 is 9.18 Å². The summed E-state index contributed by atoms with van der Waals surface area (Å²) in [5, 5.41) is 6.50. The van der Waals surface area contributed by atoms with E-state index in [2.05, 4.69) is 9.88 Å². The van der Waals surface area contributed by atoms with Crippen LogP contribution < -0.4 is 11.0 Å². The molecule has 7 nitrogen and oxygen atoms in total. The van der Waals surface area contributed by atoms with E-state index in [1.807, 2.05) is 53.2 Å². The summed E-state index contributed by atoms with van der Waals surface area (Å²) in [6.45, 7) is 0. The molecule has 1 amide bonds. The van der Waals surface area contributed by atoms with Crippen LogP contribution in [0.1, 0.15) is 10.4 Å². The topological polar surface area (TPSA) is 73.8 Å². The Hall–Kier alpha value is -4.50. The van der Waals surface area contributed by atoms with Gasteiger partial charge in [0.15, 0.2) is 0 Å². The first-order chi connectivity index (χ1) is 17.9. The van der Waals surface area contributed by atoms with Gasteiger partial charge in [-0.05, 0) is 65.0 Å². The number of hydrogen-bond donors (Lipinski definition) is 1. The molecule has 0 saturated carbocycles. The highest BCUT2D eigenvalue weighted by Crippen LogP contribution is 2.33. The summed E-state index contributed by atoms with van der Waals surface area (Å²) in [5.41, 5.74) is 6.52. The third-order valence-electron chi connectivity index (χ3n) is 6.72. The van der Waals surface area contributed by atoms with Crippen LogP contribution >= 0.6 is 11.3 Å². The Balaban J connectivity index is 1.54. The molecule has 0 bridgehead atoms. The van der Waals surface area contributed by atoms with E-state index in [0.29, 0.717) is 5.56 Å². The molecule has 6 rings (SSSR count). The van der Waals surface area contributed by atoms with Gasteiger partial charge in [0.25, 0.3) is 5.91 Å². The van der Waals surface area contributed by atoms with Crippen molar-refractivity contribution in [2.24, 2.45) is 14.1 Å². The summed E-state index contributed by atoms with van der Waals surface area (Å²) in [6, 6.07) is 18.3. The Morgan fingerprint density at radius 3 is 2.35 bits per heavy atom. The monoisotopic (exact) mass is 511 g/mol. The summed E-state index contributed by atoms with van der Waals surface area (Å²) in [7, 11) is 5.00. The zero-order valence-corrected chi connectivity index (χ0v) is 21.1. The largest absolute Gasteiger partial charge is 0.355 e. The number of imidazole rings is 2. The molecule has 6 aromatic rings. The second kappa shape index (κ2) is 8.56. The molecule has 9 heteroatoms. The summed E-state index contributed by atoms with van der Waals surface area (Å²) in [4.78, 5) is 29.3. The second-order valence-electron chi connectivity index (χ2n) is 8.83. The summed E-state index contributed by atoms with van der Waals surface area (Å²) >= 11 is 1.59. The fourth-order valence-electron chi connectivity index (χ4n) is 4.75. The van der Waals surface area contributed by atoms with E-state index in [-0.39, 0.29) is 11.3 Å². The van der Waals surface area contributed by atoms with E-state index in [0.717, 1.165) is 44.7 Å². The average Bonchev–Trinajstić information content (AvgIpc) is 3.62. The van der Waals surface area contributed by atoms with Crippen molar-refractivity contribution in [3.63, 3.8) is 0 Å². The Kier molecular flexibility index (Phi) is 5.31. The molecule has 0 atom stereocenters. The predicted molar refractivity (Wildman–Crippen MR) is 145 cm³/mol. The number of halogens is 1. The van der Waals surface area contributed by atoms with Crippen LogP contribution in [0, 0.1) is 5.82 Å². The highest BCUT2D eigenvalue weighted by atomic mass is 32.1. The molecule has 0 unspecified atom stereocenters. The van der Waals surface area contributed by atoms with Crippen molar-refractivity contribution in [2.45, 2.75) is 0 Å². The lowest BCUT2D eigenvalue weighted by atomic mass is 10.0. The van der Waals surface area contributed by atoms with E-state index < -0.39 is 11.7 Å². The van der Waals surface area contributed by atoms with Crippen LogP contribution in [0.5, 0.6) is 0 Å². The van der Waals surface area contributed by atoms with Gasteiger partial charge in [-0.2, -0.15) is 11.3 Å². The summed E-state index contributed by atoms with van der Waals surface area (Å²) in [5.74, 6) is -0.274. The van der Waals surface area contributed by atoms with Crippen LogP contribution in [0.25, 0.3) is 50.3 Å². The maximum Gasteiger partial charge on any atom is 0.328 e. The number of rotatable bonds is 4. The maximum absolute atomic E-state index is 14.6. The number of aryl methyl sites for hydroxylation is 2. The molecule has 0 spiro atoms. The molecule has 184 valence electrons. The molecular weight excluding hydrogens is 489 g/mol. The van der Waals surface area contributed by atoms with Crippen LogP contribution in [0.4, 0.5) is 4.39 Å². The fraction of sp³-hybridized carbons (Fsp3) is 0.107. The number of carbonyl (C=O) groups is 1. The number of nitrogens with one attached hydrogen (secondary N) is 1. The minimum Gasteiger partial charge on any atom is -0.355 e. The molecule has 0 aliphatic heterocycles. The molecular formula is C28H22FN5O2S. The van der Waals surface area contributed by atoms with Crippen LogP contribution in [-0.2, 0) is 14.1 Å². The first-order valence-electron chi connectivity index (χ1n) is 11.6. The number of fused-ring (bicyclic) bond motifs is 2. The number of nitrogens with zero attached hydrogens (tertiary/aromatic N) is 4. The van der Waals surface area contributed by atoms with E-state index >= 15 is 0 Å². The summed E-state index contributed by atoms with van der Waals surface area (Å²) in [6.07, 6.45) is 0. The lowest BCUT2D eigenvalue weighted by Gasteiger charge is -2.10. The lowest BCUT2D eigenvalue weighted by Crippen LogP contribution is -2.19. The van der Waals surface area contributed by atoms with Crippen LogP contribution in [0.15, 0.2) is 76.2 Å². The number of thiophene rings is 1. The third-order valence-corrected chi connectivity index (χ3v) is 7.40. The van der Waals surface area contributed by atoms with Crippen molar-refractivity contribution >= 4 is 39.3 Å². The smallest absolute Gasteiger partial charge is 0.328 e. The van der Waals surface area contributed by atoms with Crippen LogP contribution in [0.3, 0.4) is 0 Å². The Labute approximate surface area is 215 Å². The highest BCUT2D eigenvalue weighted by molar-refractivity contribution is 7.08. The van der Waals surface area contributed by atoms with E-state index in [9.17, 15) is 14.0 Å². The Morgan fingerprint density at radius 1 is 0.892 bits per heavy atom. The first-order valence-corrected chi connectivity index (χ1v) is 12.5. The number of amides is 1. The zero-order valence-electron chi connectivity index (χ0n) is 20.3. The van der Waals surface area contributed by atoms with Crippen LogP contribution in [-0.4, -0.2) is 31.6 Å². The molecule has 1 N–H and O–H groups in total. The number of aromatic nitrogens is 4. The van der Waals surface area contributed by atoms with E-state index in [4.69, 9.17) is 4.98 Å². The van der Waals surface area contributed by atoms with Gasteiger partial charge in [0.05, 0.1) is 27.6 Å². The highest BCUT2D eigenvalue weighted by Gasteiger charge is 2.18. The summed E-state index contributed by atoms with van der Waals surface area (Å²) < 4.78 is 20.0. The molecule has 0 aliphatic rings. The van der Waals surface area contributed by atoms with Crippen molar-refractivity contribution in [1.29, 1.82) is 0 Å². The predicted octanol–water partition coefficient (Wildman–Crippen LogP) is 5.11. The second-order valence-corrected chi connectivity index (χ2v) is 9.61. The Bertz CT molecular complexity index is 1900. The standard InChI is InChI=1S/C28H22FN5O2S/c1-30-27(35)20-7-4-16(12-21(20)29)17-5-8-23-22(13-17)31-26(18-10-11-37-15-18)34(23)19-6-9-24-25(14-19)33(3)28(36)32(24)2/h4-15H,1-3H3,(H,30,35). The SMILES string of the molecule is CNC(=O)c1ccc(-c2ccc3c(c2)nc(-c2ccsc2)n3-c2ccc3c(c2)n(C)c(=O)n3C)cc1F. The average molecular weight is 512 g/mol. The van der Waals surface area contributed by atoms with Gasteiger partial charge in [0, 0.05) is 37.8 Å². The van der Waals surface area contributed by atoms with Gasteiger partial charge in [-0.1, -0.05) is 12.1 Å². The molecule has 0 aliphatic carbocycles. The molecule has 3 aromatic heterocycles. The molecule has 3 aromatic carbocycles. The van der Waals surface area contributed by atoms with Crippen molar-refractivity contribution in [3.8, 4) is 28.2 Å². The minimum atomic E-state index is -0.580. The van der Waals surface area contributed by atoms with Gasteiger partial charge in [-0.15, -0.1) is 0 Å². The minimum absolute atomic E-state index is 0.00190. The van der Waals surface area contributed by atoms with Gasteiger partial charge in [0.1, 0.15) is 11.6 Å². The lowest BCUT2D eigenvalue weighted by molar-refractivity contribution is 0.0959. The normalized spacial score (nSPS) is 11.5. The van der Waals surface area contributed by atoms with Gasteiger partial charge in [-0.25, -0.2) is 14.2 Å². The molecule has 37 heavy (non-hydrogen) atoms. The van der Waals surface area contributed by atoms with Crippen LogP contribution in [0.2, 0.25) is 0 Å². The van der Waals surface area contributed by atoms with Crippen molar-refractivity contribution in [2.75, 3.05) is 7.05 Å². The quantitative estimate of drug-likeness (QED) is 0.358. The number of carbonyl (C=O) groups excluding carboxylic acids is 1. The third kappa shape index (κ3) is 3.58.